The van der Waals surface area contributed by atoms with Crippen molar-refractivity contribution in [2.24, 2.45) is 7.05 Å². The van der Waals surface area contributed by atoms with Gasteiger partial charge in [-0.05, 0) is 34.8 Å². The number of nitrogens with zero attached hydrogens (tertiary/aromatic N) is 6. The molecule has 0 atom stereocenters. The maximum absolute atomic E-state index is 9.27. The summed E-state index contributed by atoms with van der Waals surface area (Å²) in [5, 5.41) is 17.4. The largest absolute Gasteiger partial charge is 0.368 e. The first-order chi connectivity index (χ1) is 10.2. The maximum atomic E-state index is 9.27. The van der Waals surface area contributed by atoms with Gasteiger partial charge in [0.15, 0.2) is 0 Å². The number of rotatable bonds is 2. The normalized spacial score (nSPS) is 16.0. The fourth-order valence-corrected chi connectivity index (χ4v) is 3.43. The second-order valence-electron chi connectivity index (χ2n) is 5.17. The standard InChI is InChI=1S/C14H15BrN6/c1-20-9-18-19-14(20)10-3-6-21(7-4-10)12-11(8-16)2-5-17-13(12)15/h2,5,9-10H,3-4,6-7H2,1H3. The van der Waals surface area contributed by atoms with Crippen LogP contribution >= 0.6 is 15.9 Å². The number of aryl methyl sites for hydroxylation is 1. The first-order valence-electron chi connectivity index (χ1n) is 6.84. The molecule has 1 aliphatic heterocycles. The van der Waals surface area contributed by atoms with Gasteiger partial charge < -0.3 is 9.47 Å². The average Bonchev–Trinajstić information content (AvgIpc) is 2.93. The zero-order valence-electron chi connectivity index (χ0n) is 11.7. The lowest BCUT2D eigenvalue weighted by molar-refractivity contribution is 0.473. The Morgan fingerprint density at radius 2 is 2.14 bits per heavy atom. The summed E-state index contributed by atoms with van der Waals surface area (Å²) in [4.78, 5) is 6.47. The SMILES string of the molecule is Cn1cnnc1C1CCN(c2c(C#N)ccnc2Br)CC1. The van der Waals surface area contributed by atoms with Gasteiger partial charge in [0.2, 0.25) is 0 Å². The van der Waals surface area contributed by atoms with E-state index in [4.69, 9.17) is 0 Å². The molecule has 2 aromatic heterocycles. The van der Waals surface area contributed by atoms with E-state index in [1.54, 1.807) is 18.6 Å². The number of anilines is 1. The Bertz CT molecular complexity index is 681. The second kappa shape index (κ2) is 5.82. The highest BCUT2D eigenvalue weighted by Crippen LogP contribution is 2.33. The van der Waals surface area contributed by atoms with Crippen LogP contribution in [-0.4, -0.2) is 32.8 Å². The summed E-state index contributed by atoms with van der Waals surface area (Å²) in [7, 11) is 1.98. The van der Waals surface area contributed by atoms with Crippen molar-refractivity contribution in [2.75, 3.05) is 18.0 Å². The molecule has 1 fully saturated rings. The van der Waals surface area contributed by atoms with Crippen LogP contribution in [0, 0.1) is 11.3 Å². The molecule has 0 amide bonds. The van der Waals surface area contributed by atoms with Crippen molar-refractivity contribution < 1.29 is 0 Å². The van der Waals surface area contributed by atoms with Crippen molar-refractivity contribution in [3.8, 4) is 6.07 Å². The highest BCUT2D eigenvalue weighted by Gasteiger charge is 2.26. The van der Waals surface area contributed by atoms with Crippen LogP contribution in [0.5, 0.6) is 0 Å². The zero-order chi connectivity index (χ0) is 14.8. The molecule has 3 rings (SSSR count). The van der Waals surface area contributed by atoms with Crippen LogP contribution in [-0.2, 0) is 7.05 Å². The lowest BCUT2D eigenvalue weighted by Crippen LogP contribution is -2.34. The van der Waals surface area contributed by atoms with E-state index in [-0.39, 0.29) is 0 Å². The van der Waals surface area contributed by atoms with Crippen LogP contribution in [0.3, 0.4) is 0 Å². The number of piperidine rings is 1. The van der Waals surface area contributed by atoms with Gasteiger partial charge in [-0.3, -0.25) is 0 Å². The molecule has 0 saturated carbocycles. The van der Waals surface area contributed by atoms with Crippen molar-refractivity contribution in [2.45, 2.75) is 18.8 Å². The van der Waals surface area contributed by atoms with Crippen LogP contribution in [0.15, 0.2) is 23.2 Å². The number of hydrogen-bond acceptors (Lipinski definition) is 5. The molecule has 2 aromatic rings. The van der Waals surface area contributed by atoms with Crippen molar-refractivity contribution in [1.82, 2.24) is 19.7 Å². The molecule has 1 aliphatic rings. The van der Waals surface area contributed by atoms with Gasteiger partial charge >= 0.3 is 0 Å². The van der Waals surface area contributed by atoms with Crippen LogP contribution < -0.4 is 4.90 Å². The van der Waals surface area contributed by atoms with E-state index < -0.39 is 0 Å². The molecular weight excluding hydrogens is 332 g/mol. The summed E-state index contributed by atoms with van der Waals surface area (Å²) < 4.78 is 2.72. The first kappa shape index (κ1) is 14.0. The molecule has 3 heterocycles. The lowest BCUT2D eigenvalue weighted by atomic mass is 9.95. The van der Waals surface area contributed by atoms with Gasteiger partial charge in [-0.25, -0.2) is 4.98 Å². The summed E-state index contributed by atoms with van der Waals surface area (Å²) in [5.74, 6) is 1.47. The van der Waals surface area contributed by atoms with Crippen LogP contribution in [0.1, 0.15) is 30.1 Å². The van der Waals surface area contributed by atoms with Crippen molar-refractivity contribution >= 4 is 21.6 Å². The number of pyridine rings is 1. The Balaban J connectivity index is 1.78. The summed E-state index contributed by atoms with van der Waals surface area (Å²) in [6.45, 7) is 1.77. The summed E-state index contributed by atoms with van der Waals surface area (Å²) in [5.41, 5.74) is 1.56. The Morgan fingerprint density at radius 1 is 1.38 bits per heavy atom. The van der Waals surface area contributed by atoms with E-state index in [1.165, 1.54) is 0 Å². The van der Waals surface area contributed by atoms with E-state index in [0.29, 0.717) is 11.5 Å². The number of halogens is 1. The third kappa shape index (κ3) is 2.63. The third-order valence-corrected chi connectivity index (χ3v) is 4.50. The first-order valence-corrected chi connectivity index (χ1v) is 7.63. The Hall–Kier alpha value is -1.94. The maximum Gasteiger partial charge on any atom is 0.135 e. The molecule has 0 spiro atoms. The van der Waals surface area contributed by atoms with E-state index in [2.05, 4.69) is 42.1 Å². The molecule has 108 valence electrons. The lowest BCUT2D eigenvalue weighted by Gasteiger charge is -2.33. The topological polar surface area (TPSA) is 70.6 Å². The quantitative estimate of drug-likeness (QED) is 0.779. The van der Waals surface area contributed by atoms with Crippen molar-refractivity contribution in [1.29, 1.82) is 5.26 Å². The van der Waals surface area contributed by atoms with E-state index >= 15 is 0 Å². The Morgan fingerprint density at radius 3 is 2.76 bits per heavy atom. The average molecular weight is 347 g/mol. The van der Waals surface area contributed by atoms with Crippen molar-refractivity contribution in [3.63, 3.8) is 0 Å². The molecule has 0 aromatic carbocycles. The molecule has 6 nitrogen and oxygen atoms in total. The second-order valence-corrected chi connectivity index (χ2v) is 5.92. The molecule has 21 heavy (non-hydrogen) atoms. The molecule has 0 unspecified atom stereocenters. The Kier molecular flexibility index (Phi) is 3.88. The van der Waals surface area contributed by atoms with Gasteiger partial charge in [-0.2, -0.15) is 5.26 Å². The van der Waals surface area contributed by atoms with Gasteiger partial charge in [0, 0.05) is 32.3 Å². The monoisotopic (exact) mass is 346 g/mol. The van der Waals surface area contributed by atoms with Crippen molar-refractivity contribution in [3.05, 3.63) is 34.6 Å². The van der Waals surface area contributed by atoms with Gasteiger partial charge in [-0.1, -0.05) is 0 Å². The minimum atomic E-state index is 0.426. The van der Waals surface area contributed by atoms with Gasteiger partial charge in [0.1, 0.15) is 22.8 Å². The molecule has 1 saturated heterocycles. The predicted octanol–water partition coefficient (Wildman–Crippen LogP) is 2.23. The van der Waals surface area contributed by atoms with E-state index in [0.717, 1.165) is 42.0 Å². The number of hydrogen-bond donors (Lipinski definition) is 0. The molecule has 0 aliphatic carbocycles. The molecule has 0 radical (unpaired) electrons. The predicted molar refractivity (Wildman–Crippen MR) is 81.8 cm³/mol. The summed E-state index contributed by atoms with van der Waals surface area (Å²) >= 11 is 3.46. The summed E-state index contributed by atoms with van der Waals surface area (Å²) in [6, 6.07) is 4.00. The smallest absolute Gasteiger partial charge is 0.135 e. The van der Waals surface area contributed by atoms with Crippen LogP contribution in [0.4, 0.5) is 5.69 Å². The molecular formula is C14H15BrN6. The van der Waals surface area contributed by atoms with Gasteiger partial charge in [0.05, 0.1) is 11.3 Å². The minimum absolute atomic E-state index is 0.426. The molecule has 0 N–H and O–H groups in total. The molecule has 0 bridgehead atoms. The third-order valence-electron chi connectivity index (χ3n) is 3.92. The van der Waals surface area contributed by atoms with E-state index in [1.807, 2.05) is 11.6 Å². The Labute approximate surface area is 131 Å². The summed E-state index contributed by atoms with van der Waals surface area (Å²) in [6.07, 6.45) is 5.39. The molecule has 7 heteroatoms. The van der Waals surface area contributed by atoms with E-state index in [9.17, 15) is 5.26 Å². The zero-order valence-corrected chi connectivity index (χ0v) is 13.3. The minimum Gasteiger partial charge on any atom is -0.368 e. The highest BCUT2D eigenvalue weighted by molar-refractivity contribution is 9.10. The fourth-order valence-electron chi connectivity index (χ4n) is 2.84. The van der Waals surface area contributed by atoms with Crippen LogP contribution in [0.2, 0.25) is 0 Å². The highest BCUT2D eigenvalue weighted by atomic mass is 79.9. The van der Waals surface area contributed by atoms with Crippen LogP contribution in [0.25, 0.3) is 0 Å². The van der Waals surface area contributed by atoms with Gasteiger partial charge in [-0.15, -0.1) is 10.2 Å². The number of aromatic nitrogens is 4. The van der Waals surface area contributed by atoms with Gasteiger partial charge in [0.25, 0.3) is 0 Å². The number of nitriles is 1. The fraction of sp³-hybridized carbons (Fsp3) is 0.429.